The van der Waals surface area contributed by atoms with E-state index in [1.807, 2.05) is 0 Å². The van der Waals surface area contributed by atoms with E-state index in [-0.39, 0.29) is 12.0 Å². The Bertz CT molecular complexity index is 750. The van der Waals surface area contributed by atoms with E-state index in [1.165, 1.54) is 48.7 Å². The molecule has 1 N–H and O–H groups in total. The van der Waals surface area contributed by atoms with E-state index in [1.54, 1.807) is 11.3 Å². The van der Waals surface area contributed by atoms with Gasteiger partial charge in [-0.15, -0.1) is 21.5 Å². The third kappa shape index (κ3) is 5.15. The van der Waals surface area contributed by atoms with Gasteiger partial charge in [0.15, 0.2) is 5.16 Å². The molecule has 0 bridgehead atoms. The van der Waals surface area contributed by atoms with Crippen LogP contribution in [0.3, 0.4) is 0 Å². The number of hydrogen-bond donors (Lipinski definition) is 1. The van der Waals surface area contributed by atoms with Gasteiger partial charge >= 0.3 is 0 Å². The number of thioether (sulfide) groups is 1. The summed E-state index contributed by atoms with van der Waals surface area (Å²) >= 11 is 3.26. The Morgan fingerprint density at radius 2 is 2.14 bits per heavy atom. The first kappa shape index (κ1) is 19.9. The number of ether oxygens (including phenoxy) is 1. The van der Waals surface area contributed by atoms with E-state index in [0.717, 1.165) is 36.9 Å². The highest BCUT2D eigenvalue weighted by Crippen LogP contribution is 2.33. The largest absolute Gasteiger partial charge is 0.376 e. The van der Waals surface area contributed by atoms with Crippen LogP contribution in [0.4, 0.5) is 0 Å². The van der Waals surface area contributed by atoms with E-state index in [2.05, 4.69) is 37.6 Å². The van der Waals surface area contributed by atoms with Crippen molar-refractivity contribution in [1.29, 1.82) is 0 Å². The molecule has 2 aliphatic rings. The highest BCUT2D eigenvalue weighted by atomic mass is 32.2. The van der Waals surface area contributed by atoms with Crippen molar-refractivity contribution in [2.24, 2.45) is 0 Å². The fraction of sp³-hybridized carbons (Fsp3) is 0.650. The number of aromatic nitrogens is 3. The van der Waals surface area contributed by atoms with Crippen molar-refractivity contribution in [2.45, 2.75) is 68.7 Å². The second kappa shape index (κ2) is 9.89. The molecule has 152 valence electrons. The first-order chi connectivity index (χ1) is 13.8. The molecule has 1 amide bonds. The van der Waals surface area contributed by atoms with Crippen LogP contribution in [0.15, 0.2) is 22.7 Å². The molecule has 8 heteroatoms. The number of nitrogens with one attached hydrogen (secondary N) is 1. The molecule has 4 rings (SSSR count). The smallest absolute Gasteiger partial charge is 0.230 e. The monoisotopic (exact) mass is 420 g/mol. The molecular formula is C20H28N4O2S2. The zero-order valence-electron chi connectivity index (χ0n) is 16.1. The second-order valence-electron chi connectivity index (χ2n) is 7.54. The molecule has 0 spiro atoms. The van der Waals surface area contributed by atoms with Crippen molar-refractivity contribution in [2.75, 3.05) is 18.9 Å². The molecular weight excluding hydrogens is 392 g/mol. The minimum Gasteiger partial charge on any atom is -0.376 e. The Morgan fingerprint density at radius 3 is 2.89 bits per heavy atom. The van der Waals surface area contributed by atoms with E-state index >= 15 is 0 Å². The molecule has 3 heterocycles. The van der Waals surface area contributed by atoms with Crippen LogP contribution in [0.2, 0.25) is 0 Å². The van der Waals surface area contributed by atoms with Crippen molar-refractivity contribution < 1.29 is 9.53 Å². The van der Waals surface area contributed by atoms with Gasteiger partial charge in [-0.05, 0) is 37.1 Å². The Hall–Kier alpha value is -1.38. The highest BCUT2D eigenvalue weighted by molar-refractivity contribution is 7.99. The number of carbonyl (C=O) groups is 1. The molecule has 1 atom stereocenters. The maximum atomic E-state index is 12.3. The van der Waals surface area contributed by atoms with Gasteiger partial charge in [0.05, 0.1) is 11.9 Å². The highest BCUT2D eigenvalue weighted by Gasteiger charge is 2.24. The topological polar surface area (TPSA) is 69.0 Å². The summed E-state index contributed by atoms with van der Waals surface area (Å²) in [6, 6.07) is 4.68. The summed E-state index contributed by atoms with van der Waals surface area (Å²) in [6.45, 7) is 1.42. The minimum atomic E-state index is 0.0403. The van der Waals surface area contributed by atoms with Crippen LogP contribution in [0, 0.1) is 0 Å². The summed E-state index contributed by atoms with van der Waals surface area (Å²) in [5, 5.41) is 14.9. The zero-order chi connectivity index (χ0) is 19.2. The van der Waals surface area contributed by atoms with E-state index in [4.69, 9.17) is 4.74 Å². The number of carbonyl (C=O) groups excluding carboxylic acids is 1. The quantitative estimate of drug-likeness (QED) is 0.658. The van der Waals surface area contributed by atoms with E-state index in [9.17, 15) is 4.79 Å². The molecule has 0 aromatic carbocycles. The number of amides is 1. The molecule has 1 aliphatic heterocycles. The predicted octanol–water partition coefficient (Wildman–Crippen LogP) is 3.82. The third-order valence-electron chi connectivity index (χ3n) is 5.47. The van der Waals surface area contributed by atoms with Gasteiger partial charge < -0.3 is 14.6 Å². The van der Waals surface area contributed by atoms with Crippen LogP contribution in [0.5, 0.6) is 0 Å². The number of thiophene rings is 1. The van der Waals surface area contributed by atoms with Gasteiger partial charge in [-0.3, -0.25) is 4.79 Å². The van der Waals surface area contributed by atoms with Crippen molar-refractivity contribution in [3.05, 3.63) is 28.2 Å². The Balaban J connectivity index is 1.40. The van der Waals surface area contributed by atoms with Gasteiger partial charge in [0.25, 0.3) is 0 Å². The molecule has 2 aromatic rings. The molecule has 1 saturated heterocycles. The lowest BCUT2D eigenvalue weighted by Crippen LogP contribution is -2.33. The Morgan fingerprint density at radius 1 is 1.25 bits per heavy atom. The molecule has 1 aliphatic carbocycles. The van der Waals surface area contributed by atoms with Gasteiger partial charge in [-0.1, -0.05) is 37.1 Å². The first-order valence-corrected chi connectivity index (χ1v) is 12.1. The fourth-order valence-corrected chi connectivity index (χ4v) is 5.57. The lowest BCUT2D eigenvalue weighted by molar-refractivity contribution is -0.119. The van der Waals surface area contributed by atoms with Crippen LogP contribution in [0.1, 0.15) is 61.7 Å². The molecule has 2 aromatic heterocycles. The van der Waals surface area contributed by atoms with Gasteiger partial charge in [-0.25, -0.2) is 0 Å². The average molecular weight is 421 g/mol. The van der Waals surface area contributed by atoms with E-state index in [0.29, 0.717) is 18.3 Å². The van der Waals surface area contributed by atoms with Crippen LogP contribution in [-0.4, -0.2) is 45.7 Å². The average Bonchev–Trinajstić information content (AvgIpc) is 3.48. The van der Waals surface area contributed by atoms with Gasteiger partial charge in [0.1, 0.15) is 5.82 Å². The zero-order valence-corrected chi connectivity index (χ0v) is 17.8. The predicted molar refractivity (Wildman–Crippen MR) is 112 cm³/mol. The summed E-state index contributed by atoms with van der Waals surface area (Å²) in [6.07, 6.45) is 9.29. The fourth-order valence-electron chi connectivity index (χ4n) is 4.02. The summed E-state index contributed by atoms with van der Waals surface area (Å²) in [5.74, 6) is 1.44. The molecule has 1 unspecified atom stereocenters. The van der Waals surface area contributed by atoms with Crippen LogP contribution < -0.4 is 5.32 Å². The SMILES string of the molecule is O=C(CSc1nnc(Cc2cccs2)n1C1CCCCC1)NCC1CCCO1. The van der Waals surface area contributed by atoms with Crippen LogP contribution in [0.25, 0.3) is 0 Å². The van der Waals surface area contributed by atoms with Crippen molar-refractivity contribution in [1.82, 2.24) is 20.1 Å². The maximum absolute atomic E-state index is 12.3. The van der Waals surface area contributed by atoms with Crippen molar-refractivity contribution in [3.63, 3.8) is 0 Å². The van der Waals surface area contributed by atoms with Crippen LogP contribution >= 0.6 is 23.1 Å². The number of nitrogens with zero attached hydrogens (tertiary/aromatic N) is 3. The maximum Gasteiger partial charge on any atom is 0.230 e. The standard InChI is InChI=1S/C20H28N4O2S2/c25-19(21-13-16-8-4-10-26-16)14-28-20-23-22-18(12-17-9-5-11-27-17)24(20)15-6-2-1-3-7-15/h5,9,11,15-16H,1-4,6-8,10,12-14H2,(H,21,25). The Kier molecular flexibility index (Phi) is 7.04. The normalized spacial score (nSPS) is 20.5. The lowest BCUT2D eigenvalue weighted by Gasteiger charge is -2.25. The van der Waals surface area contributed by atoms with E-state index < -0.39 is 0 Å². The van der Waals surface area contributed by atoms with Gasteiger partial charge in [0, 0.05) is 30.5 Å². The van der Waals surface area contributed by atoms with Crippen molar-refractivity contribution in [3.8, 4) is 0 Å². The molecule has 1 saturated carbocycles. The van der Waals surface area contributed by atoms with Crippen LogP contribution in [-0.2, 0) is 16.0 Å². The molecule has 6 nitrogen and oxygen atoms in total. The van der Waals surface area contributed by atoms with Gasteiger partial charge in [-0.2, -0.15) is 0 Å². The first-order valence-electron chi connectivity index (χ1n) is 10.3. The summed E-state index contributed by atoms with van der Waals surface area (Å²) in [5.41, 5.74) is 0. The minimum absolute atomic E-state index is 0.0403. The Labute approximate surface area is 174 Å². The van der Waals surface area contributed by atoms with Crippen molar-refractivity contribution >= 4 is 29.0 Å². The summed E-state index contributed by atoms with van der Waals surface area (Å²) in [4.78, 5) is 13.6. The lowest BCUT2D eigenvalue weighted by atomic mass is 9.95. The molecule has 28 heavy (non-hydrogen) atoms. The summed E-state index contributed by atoms with van der Waals surface area (Å²) in [7, 11) is 0. The number of rotatable bonds is 8. The summed E-state index contributed by atoms with van der Waals surface area (Å²) < 4.78 is 7.89. The molecule has 2 fully saturated rings. The third-order valence-corrected chi connectivity index (χ3v) is 7.29. The number of hydrogen-bond acceptors (Lipinski definition) is 6. The molecule has 0 radical (unpaired) electrons. The second-order valence-corrected chi connectivity index (χ2v) is 9.52. The van der Waals surface area contributed by atoms with Gasteiger partial charge in [0.2, 0.25) is 5.91 Å².